The Bertz CT molecular complexity index is 492. The van der Waals surface area contributed by atoms with Crippen molar-refractivity contribution in [3.63, 3.8) is 0 Å². The van der Waals surface area contributed by atoms with E-state index in [1.165, 1.54) is 4.88 Å². The van der Waals surface area contributed by atoms with E-state index in [0.717, 1.165) is 20.4 Å². The molecule has 2 rings (SSSR count). The molecule has 0 spiro atoms. The second-order valence-electron chi connectivity index (χ2n) is 3.52. The highest BCUT2D eigenvalue weighted by molar-refractivity contribution is 9.10. The largest absolute Gasteiger partial charge is 0.354 e. The number of thiazole rings is 2. The van der Waals surface area contributed by atoms with Crippen LogP contribution in [0.2, 0.25) is 0 Å². The third-order valence-electron chi connectivity index (χ3n) is 2.15. The molecule has 0 aliphatic carbocycles. The lowest BCUT2D eigenvalue weighted by atomic mass is 10.2. The van der Waals surface area contributed by atoms with Crippen LogP contribution in [0.1, 0.15) is 28.5 Å². The van der Waals surface area contributed by atoms with E-state index in [9.17, 15) is 0 Å². The number of anilines is 1. The molecule has 0 saturated carbocycles. The van der Waals surface area contributed by atoms with Crippen LogP contribution in [-0.2, 0) is 0 Å². The monoisotopic (exact) mass is 317 g/mol. The van der Waals surface area contributed by atoms with E-state index in [0.29, 0.717) is 0 Å². The van der Waals surface area contributed by atoms with Gasteiger partial charge >= 0.3 is 0 Å². The second-order valence-corrected chi connectivity index (χ2v) is 6.43. The Kier molecular flexibility index (Phi) is 3.61. The molecule has 3 nitrogen and oxygen atoms in total. The average Bonchev–Trinajstić information content (AvgIpc) is 2.73. The summed E-state index contributed by atoms with van der Waals surface area (Å²) in [5.41, 5.74) is 1.11. The zero-order valence-corrected chi connectivity index (χ0v) is 12.5. The summed E-state index contributed by atoms with van der Waals surface area (Å²) in [6.45, 7) is 6.22. The molecule has 0 bridgehead atoms. The molecular formula is C10H12BrN3S2. The van der Waals surface area contributed by atoms with Gasteiger partial charge < -0.3 is 5.32 Å². The lowest BCUT2D eigenvalue weighted by molar-refractivity contribution is 0.886. The molecule has 1 N–H and O–H groups in total. The fourth-order valence-electron chi connectivity index (χ4n) is 1.52. The average molecular weight is 318 g/mol. The molecule has 2 heterocycles. The summed E-state index contributed by atoms with van der Waals surface area (Å²) in [6.07, 6.45) is 0. The summed E-state index contributed by atoms with van der Waals surface area (Å²) in [7, 11) is 0. The predicted molar refractivity (Wildman–Crippen MR) is 73.4 cm³/mol. The first kappa shape index (κ1) is 12.0. The van der Waals surface area contributed by atoms with E-state index < -0.39 is 0 Å². The van der Waals surface area contributed by atoms with Gasteiger partial charge in [0.15, 0.2) is 5.13 Å². The molecule has 16 heavy (non-hydrogen) atoms. The molecule has 0 aromatic carbocycles. The first-order valence-corrected chi connectivity index (χ1v) is 7.36. The Morgan fingerprint density at radius 3 is 2.62 bits per heavy atom. The summed E-state index contributed by atoms with van der Waals surface area (Å²) in [5.74, 6) is 0. The number of hydrogen-bond donors (Lipinski definition) is 1. The highest BCUT2D eigenvalue weighted by Gasteiger charge is 2.13. The van der Waals surface area contributed by atoms with Crippen molar-refractivity contribution in [2.75, 3.05) is 5.32 Å². The van der Waals surface area contributed by atoms with E-state index in [-0.39, 0.29) is 6.04 Å². The Balaban J connectivity index is 2.14. The van der Waals surface area contributed by atoms with Gasteiger partial charge in [-0.2, -0.15) is 0 Å². The van der Waals surface area contributed by atoms with Gasteiger partial charge in [-0.3, -0.25) is 0 Å². The first-order valence-electron chi connectivity index (χ1n) is 4.87. The topological polar surface area (TPSA) is 37.8 Å². The lowest BCUT2D eigenvalue weighted by Crippen LogP contribution is -2.05. The number of aryl methyl sites for hydroxylation is 2. The van der Waals surface area contributed by atoms with Crippen LogP contribution in [0.5, 0.6) is 0 Å². The zero-order valence-electron chi connectivity index (χ0n) is 9.24. The van der Waals surface area contributed by atoms with Crippen LogP contribution in [0.4, 0.5) is 5.13 Å². The zero-order chi connectivity index (χ0) is 11.7. The number of aromatic nitrogens is 2. The molecule has 0 amide bonds. The molecule has 0 fully saturated rings. The smallest absolute Gasteiger partial charge is 0.184 e. The molecule has 1 atom stereocenters. The van der Waals surface area contributed by atoms with Crippen LogP contribution in [0, 0.1) is 13.8 Å². The fraction of sp³-hybridized carbons (Fsp3) is 0.400. The van der Waals surface area contributed by atoms with Crippen LogP contribution in [0.15, 0.2) is 9.98 Å². The van der Waals surface area contributed by atoms with Gasteiger partial charge in [0.2, 0.25) is 0 Å². The molecule has 0 aliphatic heterocycles. The summed E-state index contributed by atoms with van der Waals surface area (Å²) in [6, 6.07) is 0.254. The number of nitrogens with zero attached hydrogens (tertiary/aromatic N) is 2. The first-order chi connectivity index (χ1) is 7.56. The van der Waals surface area contributed by atoms with Crippen molar-refractivity contribution in [2.24, 2.45) is 0 Å². The van der Waals surface area contributed by atoms with Crippen molar-refractivity contribution in [1.29, 1.82) is 0 Å². The summed E-state index contributed by atoms with van der Waals surface area (Å²) < 4.78 is 0.879. The maximum atomic E-state index is 4.43. The van der Waals surface area contributed by atoms with Gasteiger partial charge in [-0.15, -0.1) is 22.7 Å². The van der Waals surface area contributed by atoms with Gasteiger partial charge in [0.1, 0.15) is 4.60 Å². The van der Waals surface area contributed by atoms with E-state index in [4.69, 9.17) is 0 Å². The molecule has 2 aromatic rings. The summed E-state index contributed by atoms with van der Waals surface area (Å²) >= 11 is 6.69. The number of hydrogen-bond acceptors (Lipinski definition) is 5. The van der Waals surface area contributed by atoms with Crippen molar-refractivity contribution < 1.29 is 0 Å². The van der Waals surface area contributed by atoms with Crippen LogP contribution < -0.4 is 5.32 Å². The van der Waals surface area contributed by atoms with Crippen molar-refractivity contribution in [2.45, 2.75) is 26.8 Å². The molecule has 2 aromatic heterocycles. The van der Waals surface area contributed by atoms with Gasteiger partial charge in [-0.05, 0) is 36.7 Å². The van der Waals surface area contributed by atoms with Crippen molar-refractivity contribution in [3.8, 4) is 0 Å². The molecule has 0 aliphatic rings. The molecule has 0 saturated heterocycles. The maximum absolute atomic E-state index is 4.43. The maximum Gasteiger partial charge on any atom is 0.184 e. The molecular weight excluding hydrogens is 306 g/mol. The number of nitrogens with one attached hydrogen (secondary N) is 1. The van der Waals surface area contributed by atoms with Gasteiger partial charge in [-0.1, -0.05) is 0 Å². The SMILES string of the molecule is Cc1nc(C)c(C(C)Nc2nc(Br)cs2)s1. The Hall–Kier alpha value is -0.460. The minimum atomic E-state index is 0.254. The Labute approximate surface area is 111 Å². The standard InChI is InChI=1S/C10H12BrN3S2/c1-5-9(16-7(3)12-5)6(2)13-10-14-8(11)4-15-10/h4,6H,1-3H3,(H,13,14). The van der Waals surface area contributed by atoms with Crippen LogP contribution in [0.25, 0.3) is 0 Å². The molecule has 1 unspecified atom stereocenters. The van der Waals surface area contributed by atoms with Gasteiger partial charge in [0.25, 0.3) is 0 Å². The number of halogens is 1. The fourth-order valence-corrected chi connectivity index (χ4v) is 3.68. The minimum absolute atomic E-state index is 0.254. The van der Waals surface area contributed by atoms with E-state index in [1.807, 2.05) is 12.3 Å². The molecule has 86 valence electrons. The van der Waals surface area contributed by atoms with E-state index in [2.05, 4.69) is 45.1 Å². The van der Waals surface area contributed by atoms with Gasteiger partial charge in [0, 0.05) is 10.3 Å². The quantitative estimate of drug-likeness (QED) is 0.924. The summed E-state index contributed by atoms with van der Waals surface area (Å²) in [5, 5.41) is 7.40. The highest BCUT2D eigenvalue weighted by Crippen LogP contribution is 2.29. The van der Waals surface area contributed by atoms with Crippen molar-refractivity contribution >= 4 is 43.7 Å². The van der Waals surface area contributed by atoms with Gasteiger partial charge in [-0.25, -0.2) is 9.97 Å². The molecule has 0 radical (unpaired) electrons. The Morgan fingerprint density at radius 2 is 2.12 bits per heavy atom. The lowest BCUT2D eigenvalue weighted by Gasteiger charge is -2.11. The van der Waals surface area contributed by atoms with E-state index >= 15 is 0 Å². The van der Waals surface area contributed by atoms with Gasteiger partial charge in [0.05, 0.1) is 16.7 Å². The van der Waals surface area contributed by atoms with Crippen LogP contribution in [-0.4, -0.2) is 9.97 Å². The number of rotatable bonds is 3. The highest BCUT2D eigenvalue weighted by atomic mass is 79.9. The van der Waals surface area contributed by atoms with E-state index in [1.54, 1.807) is 22.7 Å². The summed E-state index contributed by atoms with van der Waals surface area (Å²) in [4.78, 5) is 10.0. The third-order valence-corrected chi connectivity index (χ3v) is 4.89. The predicted octanol–water partition coefficient (Wildman–Crippen LogP) is 4.15. The van der Waals surface area contributed by atoms with Crippen molar-refractivity contribution in [1.82, 2.24) is 9.97 Å². The Morgan fingerprint density at radius 1 is 1.38 bits per heavy atom. The van der Waals surface area contributed by atoms with Crippen LogP contribution >= 0.6 is 38.6 Å². The minimum Gasteiger partial charge on any atom is -0.354 e. The van der Waals surface area contributed by atoms with Crippen LogP contribution in [0.3, 0.4) is 0 Å². The third kappa shape index (κ3) is 2.61. The van der Waals surface area contributed by atoms with Crippen molar-refractivity contribution in [3.05, 3.63) is 25.6 Å². The second kappa shape index (κ2) is 4.81. The molecule has 6 heteroatoms. The normalized spacial score (nSPS) is 12.8.